The second-order valence-electron chi connectivity index (χ2n) is 6.08. The molecule has 28 heavy (non-hydrogen) atoms. The first kappa shape index (κ1) is 19.2. The largest absolute Gasteiger partial charge is 0.502 e. The number of carbonyl (C=O) groups is 3. The molecule has 1 heterocycles. The van der Waals surface area contributed by atoms with Crippen LogP contribution in [-0.2, 0) is 14.3 Å². The molecular formula is C21H19NO6. The summed E-state index contributed by atoms with van der Waals surface area (Å²) in [4.78, 5) is 38.0. The average molecular weight is 381 g/mol. The van der Waals surface area contributed by atoms with Gasteiger partial charge in [0.15, 0.2) is 5.76 Å². The number of anilines is 1. The summed E-state index contributed by atoms with van der Waals surface area (Å²) in [5.41, 5.74) is 0.874. The van der Waals surface area contributed by atoms with E-state index >= 15 is 0 Å². The zero-order valence-corrected chi connectivity index (χ0v) is 15.5. The van der Waals surface area contributed by atoms with Crippen molar-refractivity contribution in [1.29, 1.82) is 0 Å². The van der Waals surface area contributed by atoms with Gasteiger partial charge in [0, 0.05) is 0 Å². The van der Waals surface area contributed by atoms with E-state index in [0.717, 1.165) is 4.90 Å². The van der Waals surface area contributed by atoms with E-state index in [1.165, 1.54) is 31.4 Å². The van der Waals surface area contributed by atoms with E-state index in [-0.39, 0.29) is 11.3 Å². The molecule has 3 rings (SSSR count). The number of aliphatic hydroxyl groups is 1. The zero-order chi connectivity index (χ0) is 20.3. The van der Waals surface area contributed by atoms with Gasteiger partial charge in [-0.2, -0.15) is 0 Å². The van der Waals surface area contributed by atoms with Crippen LogP contribution in [0.5, 0.6) is 5.75 Å². The predicted octanol–water partition coefficient (Wildman–Crippen LogP) is 3.10. The highest BCUT2D eigenvalue weighted by Crippen LogP contribution is 2.32. The summed E-state index contributed by atoms with van der Waals surface area (Å²) in [6.45, 7) is 2.20. The average Bonchev–Trinajstić information content (AvgIpc) is 2.95. The van der Waals surface area contributed by atoms with Crippen LogP contribution in [0.4, 0.5) is 5.69 Å². The molecule has 1 aliphatic heterocycles. The SMILES string of the molecule is CCCOC(=O)c1ccc(N2C(=O)C(O)=C(c3ccc(OC)cc3)C2=O)cc1. The second-order valence-corrected chi connectivity index (χ2v) is 6.08. The lowest BCUT2D eigenvalue weighted by molar-refractivity contribution is -0.121. The van der Waals surface area contributed by atoms with Crippen molar-refractivity contribution in [2.24, 2.45) is 0 Å². The minimum absolute atomic E-state index is 0.0842. The molecule has 0 radical (unpaired) electrons. The Morgan fingerprint density at radius 1 is 1.00 bits per heavy atom. The molecule has 2 amide bonds. The van der Waals surface area contributed by atoms with Gasteiger partial charge in [0.2, 0.25) is 0 Å². The van der Waals surface area contributed by atoms with Gasteiger partial charge in [0.05, 0.1) is 30.5 Å². The van der Waals surface area contributed by atoms with Crippen LogP contribution in [0, 0.1) is 0 Å². The highest BCUT2D eigenvalue weighted by Gasteiger charge is 2.40. The molecule has 1 N–H and O–H groups in total. The topological polar surface area (TPSA) is 93.1 Å². The second kappa shape index (κ2) is 7.96. The lowest BCUT2D eigenvalue weighted by Gasteiger charge is -2.15. The van der Waals surface area contributed by atoms with Crippen LogP contribution in [0.25, 0.3) is 5.57 Å². The van der Waals surface area contributed by atoms with E-state index < -0.39 is 23.5 Å². The third-order valence-electron chi connectivity index (χ3n) is 4.24. The maximum atomic E-state index is 12.8. The van der Waals surface area contributed by atoms with Crippen LogP contribution in [0.3, 0.4) is 0 Å². The summed E-state index contributed by atoms with van der Waals surface area (Å²) in [7, 11) is 1.51. The molecule has 1 aliphatic rings. The quantitative estimate of drug-likeness (QED) is 0.610. The van der Waals surface area contributed by atoms with Crippen LogP contribution in [-0.4, -0.2) is 36.6 Å². The van der Waals surface area contributed by atoms with Crippen molar-refractivity contribution in [2.45, 2.75) is 13.3 Å². The van der Waals surface area contributed by atoms with Gasteiger partial charge in [-0.3, -0.25) is 9.59 Å². The first-order chi connectivity index (χ1) is 13.5. The van der Waals surface area contributed by atoms with Crippen molar-refractivity contribution in [3.05, 3.63) is 65.4 Å². The van der Waals surface area contributed by atoms with Crippen molar-refractivity contribution < 1.29 is 29.0 Å². The van der Waals surface area contributed by atoms with E-state index in [1.807, 2.05) is 6.92 Å². The van der Waals surface area contributed by atoms with Gasteiger partial charge in [-0.05, 0) is 48.4 Å². The Morgan fingerprint density at radius 3 is 2.21 bits per heavy atom. The number of hydrogen-bond acceptors (Lipinski definition) is 6. The molecule has 2 aromatic carbocycles. The number of imide groups is 1. The van der Waals surface area contributed by atoms with Gasteiger partial charge >= 0.3 is 11.9 Å². The molecular weight excluding hydrogens is 362 g/mol. The summed E-state index contributed by atoms with van der Waals surface area (Å²) in [6, 6.07) is 12.3. The van der Waals surface area contributed by atoms with Crippen molar-refractivity contribution in [3.8, 4) is 5.75 Å². The third kappa shape index (κ3) is 3.46. The van der Waals surface area contributed by atoms with E-state index in [4.69, 9.17) is 9.47 Å². The van der Waals surface area contributed by atoms with E-state index in [9.17, 15) is 19.5 Å². The number of esters is 1. The molecule has 0 unspecified atom stereocenters. The number of aliphatic hydroxyl groups excluding tert-OH is 1. The normalized spacial score (nSPS) is 13.9. The van der Waals surface area contributed by atoms with Crippen molar-refractivity contribution in [2.75, 3.05) is 18.6 Å². The Morgan fingerprint density at radius 2 is 1.64 bits per heavy atom. The monoisotopic (exact) mass is 381 g/mol. The maximum absolute atomic E-state index is 12.8. The fourth-order valence-electron chi connectivity index (χ4n) is 2.80. The number of nitrogens with zero attached hydrogens (tertiary/aromatic N) is 1. The number of benzene rings is 2. The molecule has 0 atom stereocenters. The lowest BCUT2D eigenvalue weighted by Crippen LogP contribution is -2.31. The molecule has 0 saturated heterocycles. The number of rotatable bonds is 6. The van der Waals surface area contributed by atoms with Crippen molar-refractivity contribution in [3.63, 3.8) is 0 Å². The minimum Gasteiger partial charge on any atom is -0.502 e. The third-order valence-corrected chi connectivity index (χ3v) is 4.24. The zero-order valence-electron chi connectivity index (χ0n) is 15.5. The Balaban J connectivity index is 1.85. The van der Waals surface area contributed by atoms with Crippen LogP contribution in [0.1, 0.15) is 29.3 Å². The fraction of sp³-hybridized carbons (Fsp3) is 0.190. The predicted molar refractivity (Wildman–Crippen MR) is 102 cm³/mol. The highest BCUT2D eigenvalue weighted by molar-refractivity contribution is 6.44. The minimum atomic E-state index is -0.822. The Bertz CT molecular complexity index is 944. The molecule has 0 bridgehead atoms. The number of amides is 2. The fourth-order valence-corrected chi connectivity index (χ4v) is 2.80. The smallest absolute Gasteiger partial charge is 0.338 e. The summed E-state index contributed by atoms with van der Waals surface area (Å²) in [5, 5.41) is 10.2. The van der Waals surface area contributed by atoms with Gasteiger partial charge in [-0.15, -0.1) is 0 Å². The van der Waals surface area contributed by atoms with E-state index in [1.54, 1.807) is 24.3 Å². The molecule has 0 spiro atoms. The summed E-state index contributed by atoms with van der Waals surface area (Å²) >= 11 is 0. The van der Waals surface area contributed by atoms with Crippen molar-refractivity contribution >= 4 is 29.0 Å². The Hall–Kier alpha value is -3.61. The van der Waals surface area contributed by atoms with Crippen LogP contribution >= 0.6 is 0 Å². The van der Waals surface area contributed by atoms with E-state index in [0.29, 0.717) is 29.9 Å². The lowest BCUT2D eigenvalue weighted by atomic mass is 10.1. The molecule has 7 heteroatoms. The Labute approximate surface area is 161 Å². The maximum Gasteiger partial charge on any atom is 0.338 e. The van der Waals surface area contributed by atoms with Gasteiger partial charge in [0.1, 0.15) is 5.75 Å². The van der Waals surface area contributed by atoms with Crippen LogP contribution in [0.2, 0.25) is 0 Å². The standard InChI is InChI=1S/C21H19NO6/c1-3-12-28-21(26)14-4-8-15(9-5-14)22-19(24)17(18(23)20(22)25)13-6-10-16(27-2)11-7-13/h4-11,23H,3,12H2,1-2H3. The molecule has 0 aromatic heterocycles. The van der Waals surface area contributed by atoms with Gasteiger partial charge in [0.25, 0.3) is 5.91 Å². The number of hydrogen-bond donors (Lipinski definition) is 1. The van der Waals surface area contributed by atoms with Gasteiger partial charge in [-0.25, -0.2) is 9.69 Å². The summed E-state index contributed by atoms with van der Waals surface area (Å²) in [5.74, 6) is -1.98. The Kier molecular flexibility index (Phi) is 5.44. The molecule has 0 saturated carbocycles. The molecule has 144 valence electrons. The van der Waals surface area contributed by atoms with Crippen LogP contribution in [0.15, 0.2) is 54.3 Å². The number of methoxy groups -OCH3 is 1. The molecule has 0 aliphatic carbocycles. The van der Waals surface area contributed by atoms with Gasteiger partial charge < -0.3 is 14.6 Å². The number of ether oxygens (including phenoxy) is 2. The first-order valence-corrected chi connectivity index (χ1v) is 8.71. The summed E-state index contributed by atoms with van der Waals surface area (Å²) < 4.78 is 10.1. The van der Waals surface area contributed by atoms with Crippen LogP contribution < -0.4 is 9.64 Å². The van der Waals surface area contributed by atoms with Gasteiger partial charge in [-0.1, -0.05) is 19.1 Å². The molecule has 0 fully saturated rings. The summed E-state index contributed by atoms with van der Waals surface area (Å²) in [6.07, 6.45) is 0.708. The molecule has 2 aromatic rings. The van der Waals surface area contributed by atoms with E-state index in [2.05, 4.69) is 0 Å². The van der Waals surface area contributed by atoms with Crippen molar-refractivity contribution in [1.82, 2.24) is 0 Å². The highest BCUT2D eigenvalue weighted by atomic mass is 16.5. The number of carbonyl (C=O) groups excluding carboxylic acids is 3. The molecule has 7 nitrogen and oxygen atoms in total. The first-order valence-electron chi connectivity index (χ1n) is 8.71.